The van der Waals surface area contributed by atoms with E-state index >= 15 is 0 Å². The molecule has 4 nitrogen and oxygen atoms in total. The monoisotopic (exact) mass is 254 g/mol. The van der Waals surface area contributed by atoms with Gasteiger partial charge in [0.1, 0.15) is 0 Å². The smallest absolute Gasteiger partial charge is 0.0789 e. The quantitative estimate of drug-likeness (QED) is 0.577. The van der Waals surface area contributed by atoms with Crippen LogP contribution in [0.4, 0.5) is 0 Å². The molecule has 0 spiro atoms. The number of rotatable bonds is 1. The van der Waals surface area contributed by atoms with Crippen LogP contribution in [0, 0.1) is 5.92 Å². The lowest BCUT2D eigenvalue weighted by Crippen LogP contribution is -2.52. The van der Waals surface area contributed by atoms with E-state index in [1.165, 1.54) is 0 Å². The summed E-state index contributed by atoms with van der Waals surface area (Å²) in [5, 5.41) is 12.4. The zero-order valence-electron chi connectivity index (χ0n) is 12.2. The van der Waals surface area contributed by atoms with E-state index < -0.39 is 0 Å². The van der Waals surface area contributed by atoms with Gasteiger partial charge in [-0.15, -0.1) is 0 Å². The van der Waals surface area contributed by atoms with E-state index in [0.717, 1.165) is 31.6 Å². The average molecular weight is 254 g/mol. The van der Waals surface area contributed by atoms with Crippen LogP contribution in [0.3, 0.4) is 0 Å². The number of oxime groups is 1. The van der Waals surface area contributed by atoms with Crippen LogP contribution in [-0.2, 0) is 4.74 Å². The number of likely N-dealkylation sites (tertiary alicyclic amines) is 1. The van der Waals surface area contributed by atoms with Crippen molar-refractivity contribution in [2.45, 2.75) is 64.7 Å². The maximum Gasteiger partial charge on any atom is 0.0789 e. The molecule has 2 heterocycles. The lowest BCUT2D eigenvalue weighted by Gasteiger charge is -2.40. The van der Waals surface area contributed by atoms with E-state index in [2.05, 4.69) is 44.7 Å². The van der Waals surface area contributed by atoms with Gasteiger partial charge in [-0.2, -0.15) is 0 Å². The molecule has 0 aliphatic carbocycles. The van der Waals surface area contributed by atoms with Gasteiger partial charge in [0.15, 0.2) is 0 Å². The zero-order chi connectivity index (χ0) is 13.6. The number of ether oxygens (including phenoxy) is 1. The van der Waals surface area contributed by atoms with Crippen LogP contribution in [0.2, 0.25) is 0 Å². The molecule has 0 aromatic carbocycles. The predicted molar refractivity (Wildman–Crippen MR) is 72.2 cm³/mol. The molecule has 2 rings (SSSR count). The Morgan fingerprint density at radius 3 is 2.44 bits per heavy atom. The van der Waals surface area contributed by atoms with Crippen molar-refractivity contribution in [3.8, 4) is 0 Å². The maximum absolute atomic E-state index is 8.94. The Labute approximate surface area is 110 Å². The van der Waals surface area contributed by atoms with Crippen LogP contribution in [0.15, 0.2) is 5.16 Å². The largest absolute Gasteiger partial charge is 0.411 e. The second-order valence-electron chi connectivity index (χ2n) is 6.92. The first-order valence-electron chi connectivity index (χ1n) is 6.90. The molecule has 2 fully saturated rings. The van der Waals surface area contributed by atoms with Crippen LogP contribution < -0.4 is 0 Å². The Bertz CT molecular complexity index is 350. The molecule has 0 radical (unpaired) electrons. The van der Waals surface area contributed by atoms with Gasteiger partial charge in [0.25, 0.3) is 0 Å². The van der Waals surface area contributed by atoms with E-state index in [-0.39, 0.29) is 11.2 Å². The summed E-state index contributed by atoms with van der Waals surface area (Å²) in [5.41, 5.74) is 0.794. The van der Waals surface area contributed by atoms with Crippen molar-refractivity contribution in [2.75, 3.05) is 13.1 Å². The summed E-state index contributed by atoms with van der Waals surface area (Å²) in [6, 6.07) is 0.454. The minimum Gasteiger partial charge on any atom is -0.411 e. The van der Waals surface area contributed by atoms with E-state index in [1.807, 2.05) is 0 Å². The van der Waals surface area contributed by atoms with Gasteiger partial charge in [-0.3, -0.25) is 4.90 Å². The molecule has 0 amide bonds. The van der Waals surface area contributed by atoms with Crippen LogP contribution in [0.1, 0.15) is 47.5 Å². The molecule has 2 unspecified atom stereocenters. The Hall–Kier alpha value is -0.610. The second-order valence-corrected chi connectivity index (χ2v) is 6.92. The summed E-state index contributed by atoms with van der Waals surface area (Å²) >= 11 is 0. The van der Waals surface area contributed by atoms with Crippen molar-refractivity contribution in [2.24, 2.45) is 11.1 Å². The summed E-state index contributed by atoms with van der Waals surface area (Å²) in [6.45, 7) is 12.8. The van der Waals surface area contributed by atoms with Gasteiger partial charge in [-0.1, -0.05) is 12.1 Å². The molecule has 0 saturated carbocycles. The molecule has 0 aromatic heterocycles. The molecule has 2 aliphatic rings. The SMILES string of the molecule is CC1CN(C2CC(C)(C)OC2(C)C)CCC1=NO. The topological polar surface area (TPSA) is 45.1 Å². The lowest BCUT2D eigenvalue weighted by atomic mass is 9.89. The summed E-state index contributed by atoms with van der Waals surface area (Å²) in [6.07, 6.45) is 1.93. The average Bonchev–Trinajstić information content (AvgIpc) is 2.46. The Morgan fingerprint density at radius 2 is 2.00 bits per heavy atom. The van der Waals surface area contributed by atoms with Crippen molar-refractivity contribution < 1.29 is 9.94 Å². The summed E-state index contributed by atoms with van der Waals surface area (Å²) in [7, 11) is 0. The highest BCUT2D eigenvalue weighted by Crippen LogP contribution is 2.41. The fraction of sp³-hybridized carbons (Fsp3) is 0.929. The predicted octanol–water partition coefficient (Wildman–Crippen LogP) is 2.50. The van der Waals surface area contributed by atoms with Gasteiger partial charge in [-0.05, 0) is 34.1 Å². The molecule has 0 bridgehead atoms. The van der Waals surface area contributed by atoms with Gasteiger partial charge in [0.05, 0.1) is 16.9 Å². The molecular weight excluding hydrogens is 228 g/mol. The minimum atomic E-state index is -0.100. The summed E-state index contributed by atoms with van der Waals surface area (Å²) < 4.78 is 6.17. The van der Waals surface area contributed by atoms with E-state index in [9.17, 15) is 0 Å². The Kier molecular flexibility index (Phi) is 3.45. The van der Waals surface area contributed by atoms with Crippen LogP contribution >= 0.6 is 0 Å². The van der Waals surface area contributed by atoms with E-state index in [1.54, 1.807) is 0 Å². The van der Waals surface area contributed by atoms with Crippen molar-refractivity contribution in [3.63, 3.8) is 0 Å². The van der Waals surface area contributed by atoms with Gasteiger partial charge < -0.3 is 9.94 Å². The van der Waals surface area contributed by atoms with Gasteiger partial charge in [0, 0.05) is 31.5 Å². The minimum absolute atomic E-state index is 0.0389. The van der Waals surface area contributed by atoms with Crippen LogP contribution in [0.25, 0.3) is 0 Å². The fourth-order valence-electron chi connectivity index (χ4n) is 3.59. The van der Waals surface area contributed by atoms with Crippen molar-refractivity contribution in [1.29, 1.82) is 0 Å². The summed E-state index contributed by atoms with van der Waals surface area (Å²) in [5.74, 6) is 0.336. The lowest BCUT2D eigenvalue weighted by molar-refractivity contribution is -0.0813. The van der Waals surface area contributed by atoms with Crippen LogP contribution in [0.5, 0.6) is 0 Å². The van der Waals surface area contributed by atoms with Crippen molar-refractivity contribution in [3.05, 3.63) is 0 Å². The van der Waals surface area contributed by atoms with E-state index in [4.69, 9.17) is 9.94 Å². The fourth-order valence-corrected chi connectivity index (χ4v) is 3.59. The normalized spacial score (nSPS) is 38.2. The molecule has 18 heavy (non-hydrogen) atoms. The molecule has 1 N–H and O–H groups in total. The van der Waals surface area contributed by atoms with Crippen molar-refractivity contribution >= 4 is 5.71 Å². The first-order valence-corrected chi connectivity index (χ1v) is 6.90. The van der Waals surface area contributed by atoms with Gasteiger partial charge in [-0.25, -0.2) is 0 Å². The molecule has 104 valence electrons. The summed E-state index contributed by atoms with van der Waals surface area (Å²) in [4.78, 5) is 2.51. The highest BCUT2D eigenvalue weighted by atomic mass is 16.5. The van der Waals surface area contributed by atoms with Gasteiger partial charge in [0.2, 0.25) is 0 Å². The molecule has 2 aliphatic heterocycles. The third kappa shape index (κ3) is 2.54. The number of hydrogen-bond acceptors (Lipinski definition) is 4. The number of hydrogen-bond donors (Lipinski definition) is 1. The first kappa shape index (κ1) is 13.8. The van der Waals surface area contributed by atoms with Gasteiger partial charge >= 0.3 is 0 Å². The van der Waals surface area contributed by atoms with Crippen molar-refractivity contribution in [1.82, 2.24) is 4.90 Å². The third-order valence-corrected chi connectivity index (χ3v) is 4.33. The standard InChI is InChI=1S/C14H26N2O2/c1-10-9-16(7-6-11(10)15-17)12-8-13(2,3)18-14(12,4)5/h10,12,17H,6-9H2,1-5H3. The molecule has 0 aromatic rings. The molecule has 2 atom stereocenters. The molecular formula is C14H26N2O2. The second kappa shape index (κ2) is 4.49. The zero-order valence-corrected chi connectivity index (χ0v) is 12.2. The third-order valence-electron chi connectivity index (χ3n) is 4.33. The Morgan fingerprint density at radius 1 is 1.33 bits per heavy atom. The van der Waals surface area contributed by atoms with Crippen LogP contribution in [-0.4, -0.2) is 46.2 Å². The molecule has 2 saturated heterocycles. The number of piperidine rings is 1. The molecule has 4 heteroatoms. The Balaban J connectivity index is 2.09. The van der Waals surface area contributed by atoms with E-state index in [0.29, 0.717) is 12.0 Å². The number of nitrogens with zero attached hydrogens (tertiary/aromatic N) is 2. The highest BCUT2D eigenvalue weighted by Gasteiger charge is 2.49. The highest BCUT2D eigenvalue weighted by molar-refractivity contribution is 5.87. The first-order chi connectivity index (χ1) is 8.25. The maximum atomic E-state index is 8.94.